The molecule has 6 aliphatic rings. The molecule has 1 aromatic rings. The van der Waals surface area contributed by atoms with Crippen molar-refractivity contribution in [3.63, 3.8) is 0 Å². The fourth-order valence-corrected chi connectivity index (χ4v) is 14.8. The smallest absolute Gasteiger partial charge is 0.309 e. The van der Waals surface area contributed by atoms with Crippen LogP contribution in [0, 0.1) is 56.2 Å². The van der Waals surface area contributed by atoms with Crippen LogP contribution in [0.5, 0.6) is 0 Å². The van der Waals surface area contributed by atoms with Crippen LogP contribution in [0.2, 0.25) is 5.02 Å². The number of esters is 1. The summed E-state index contributed by atoms with van der Waals surface area (Å²) in [4.78, 5) is 44.4. The van der Waals surface area contributed by atoms with E-state index in [2.05, 4.69) is 70.4 Å². The van der Waals surface area contributed by atoms with Gasteiger partial charge in [-0.15, -0.1) is 0 Å². The molecule has 7 rings (SSSR count). The number of likely N-dealkylation sites (tertiary alicyclic amines) is 1. The molecule has 9 heteroatoms. The molecule has 1 heterocycles. The quantitative estimate of drug-likeness (QED) is 0.189. The summed E-state index contributed by atoms with van der Waals surface area (Å²) >= 11 is 6.29. The second kappa shape index (κ2) is 16.1. The molecule has 1 aromatic carbocycles. The van der Waals surface area contributed by atoms with Crippen LogP contribution in [-0.4, -0.2) is 82.7 Å². The average Bonchev–Trinajstić information content (AvgIpc) is 3.79. The first kappa shape index (κ1) is 44.8. The van der Waals surface area contributed by atoms with Crippen LogP contribution >= 0.6 is 11.6 Å². The van der Waals surface area contributed by atoms with Crippen molar-refractivity contribution in [3.05, 3.63) is 46.0 Å². The number of aliphatic carboxylic acids is 1. The van der Waals surface area contributed by atoms with Crippen molar-refractivity contribution < 1.29 is 29.3 Å². The number of benzene rings is 1. The third-order valence-corrected chi connectivity index (χ3v) is 18.4. The molecule has 5 fully saturated rings. The number of fused-ring (bicyclic) bond motifs is 7. The van der Waals surface area contributed by atoms with E-state index in [-0.39, 0.29) is 51.8 Å². The van der Waals surface area contributed by atoms with Crippen LogP contribution < -0.4 is 0 Å². The number of rotatable bonds is 13. The van der Waals surface area contributed by atoms with Crippen molar-refractivity contribution in [3.8, 4) is 0 Å². The highest BCUT2D eigenvalue weighted by Gasteiger charge is 2.71. The average molecular weight is 836 g/mol. The Balaban J connectivity index is 1.15. The summed E-state index contributed by atoms with van der Waals surface area (Å²) in [6.07, 6.45) is 9.72. The van der Waals surface area contributed by atoms with Crippen molar-refractivity contribution in [1.82, 2.24) is 9.80 Å². The van der Waals surface area contributed by atoms with E-state index >= 15 is 0 Å². The van der Waals surface area contributed by atoms with Gasteiger partial charge in [-0.3, -0.25) is 19.3 Å². The van der Waals surface area contributed by atoms with E-state index in [0.29, 0.717) is 24.8 Å². The van der Waals surface area contributed by atoms with Crippen LogP contribution in [0.1, 0.15) is 145 Å². The number of hydrogen-bond donors (Lipinski definition) is 2. The minimum atomic E-state index is -1.17. The van der Waals surface area contributed by atoms with E-state index in [0.717, 1.165) is 94.7 Å². The minimum Gasteiger partial charge on any atom is -0.481 e. The molecular weight excluding hydrogens is 760 g/mol. The SMILES string of the molecule is CC(C)C1=C2[C@H]3CC[C@@H]4[C@@]5(C)CC[C@H](OC(=O)CC(C)(C)C(=O)O)C(C)(C)[C@@H]5CC[C@@]4(C)[C@]3(C)CC[C@@]2(C(O)CN(CCN2CCCC2)Cc2ccc(Cl)cc2)CC1=O. The van der Waals surface area contributed by atoms with Crippen LogP contribution in [0.4, 0.5) is 0 Å². The maximum atomic E-state index is 14.4. The van der Waals surface area contributed by atoms with Crippen LogP contribution in [0.25, 0.3) is 0 Å². The lowest BCUT2D eigenvalue weighted by molar-refractivity contribution is -0.235. The van der Waals surface area contributed by atoms with Crippen LogP contribution in [0.3, 0.4) is 0 Å². The predicted octanol–water partition coefficient (Wildman–Crippen LogP) is 9.99. The Morgan fingerprint density at radius 3 is 2.25 bits per heavy atom. The summed E-state index contributed by atoms with van der Waals surface area (Å²) in [6, 6.07) is 8.10. The molecule has 2 N–H and O–H groups in total. The fraction of sp³-hybridized carbons (Fsp3) is 0.780. The molecule has 9 atom stereocenters. The summed E-state index contributed by atoms with van der Waals surface area (Å²) < 4.78 is 6.21. The van der Waals surface area contributed by atoms with Crippen molar-refractivity contribution in [2.45, 2.75) is 158 Å². The first-order chi connectivity index (χ1) is 27.6. The molecule has 0 aromatic heterocycles. The molecule has 0 amide bonds. The third-order valence-electron chi connectivity index (χ3n) is 18.2. The zero-order valence-corrected chi connectivity index (χ0v) is 38.6. The van der Waals surface area contributed by atoms with E-state index < -0.39 is 28.9 Å². The molecule has 1 aliphatic heterocycles. The number of carboxylic acid groups (broad SMARTS) is 1. The van der Waals surface area contributed by atoms with E-state index in [1.165, 1.54) is 24.0 Å². The molecule has 8 nitrogen and oxygen atoms in total. The number of Topliss-reactive ketones (excluding diaryl/α,β-unsaturated/α-hetero) is 1. The van der Waals surface area contributed by atoms with Gasteiger partial charge in [-0.05, 0) is 154 Å². The summed E-state index contributed by atoms with van der Waals surface area (Å²) in [6.45, 7) is 25.2. The number of aliphatic hydroxyl groups is 1. The van der Waals surface area contributed by atoms with Gasteiger partial charge in [0, 0.05) is 48.5 Å². The van der Waals surface area contributed by atoms with Gasteiger partial charge in [0.2, 0.25) is 0 Å². The number of ether oxygens (including phenoxy) is 1. The number of hydrogen-bond acceptors (Lipinski definition) is 7. The summed E-state index contributed by atoms with van der Waals surface area (Å²) in [5, 5.41) is 23.2. The van der Waals surface area contributed by atoms with Gasteiger partial charge in [0.25, 0.3) is 0 Å². The molecule has 5 aliphatic carbocycles. The van der Waals surface area contributed by atoms with Gasteiger partial charge in [0.15, 0.2) is 5.78 Å². The lowest BCUT2D eigenvalue weighted by atomic mass is 9.33. The Morgan fingerprint density at radius 1 is 0.932 bits per heavy atom. The van der Waals surface area contributed by atoms with E-state index in [9.17, 15) is 24.6 Å². The van der Waals surface area contributed by atoms with Crippen molar-refractivity contribution in [1.29, 1.82) is 0 Å². The molecule has 328 valence electrons. The molecule has 1 saturated heterocycles. The largest absolute Gasteiger partial charge is 0.481 e. The van der Waals surface area contributed by atoms with Gasteiger partial charge < -0.3 is 19.8 Å². The van der Waals surface area contributed by atoms with Gasteiger partial charge >= 0.3 is 11.9 Å². The second-order valence-electron chi connectivity index (χ2n) is 22.5. The van der Waals surface area contributed by atoms with E-state index in [1.807, 2.05) is 12.1 Å². The highest BCUT2D eigenvalue weighted by atomic mass is 35.5. The lowest BCUT2D eigenvalue weighted by Crippen LogP contribution is -2.66. The Labute approximate surface area is 360 Å². The lowest BCUT2D eigenvalue weighted by Gasteiger charge is -2.72. The van der Waals surface area contributed by atoms with Crippen molar-refractivity contribution >= 4 is 29.3 Å². The highest BCUT2D eigenvalue weighted by molar-refractivity contribution is 6.30. The van der Waals surface area contributed by atoms with Gasteiger partial charge in [0.05, 0.1) is 17.9 Å². The maximum Gasteiger partial charge on any atom is 0.309 e. The summed E-state index contributed by atoms with van der Waals surface area (Å²) in [5.41, 5.74) is 1.62. The maximum absolute atomic E-state index is 14.4. The number of carbonyl (C=O) groups excluding carboxylic acids is 2. The fourth-order valence-electron chi connectivity index (χ4n) is 14.7. The van der Waals surface area contributed by atoms with Crippen molar-refractivity contribution in [2.75, 3.05) is 32.7 Å². The first-order valence-electron chi connectivity index (χ1n) is 23.2. The standard InChI is InChI=1S/C50H75ClN2O6/c1-32(2)42-36(54)28-50(39(55)31-53(27-26-52-24-10-11-25-52)30-33-12-14-34(51)15-13-33)23-22-48(8)35(43(42)50)16-17-38-47(7)20-19-40(59-41(56)29-45(3,4)44(57)58)46(5,6)37(47)18-21-49(38,48)9/h12-15,32,35,37-40,55H,10-11,16-31H2,1-9H3,(H,57,58)/t35-,37+,38-,39?,40+,47+,48-,49-,50+/m1/s1. The van der Waals surface area contributed by atoms with E-state index in [4.69, 9.17) is 16.3 Å². The van der Waals surface area contributed by atoms with Gasteiger partial charge in [0.1, 0.15) is 6.10 Å². The summed E-state index contributed by atoms with van der Waals surface area (Å²) in [7, 11) is 0. The summed E-state index contributed by atoms with van der Waals surface area (Å²) in [5.74, 6) is 0.0422. The molecule has 0 spiro atoms. The molecule has 4 saturated carbocycles. The Hall–Kier alpha value is -2.26. The third kappa shape index (κ3) is 7.68. The van der Waals surface area contributed by atoms with Gasteiger partial charge in [-0.25, -0.2) is 0 Å². The number of halogens is 1. The normalized spacial score (nSPS) is 36.3. The number of carboxylic acids is 1. The Bertz CT molecular complexity index is 1800. The highest BCUT2D eigenvalue weighted by Crippen LogP contribution is 2.77. The number of allylic oxidation sites excluding steroid dienone is 1. The van der Waals surface area contributed by atoms with Gasteiger partial charge in [-0.1, -0.05) is 77.8 Å². The Kier molecular flexibility index (Phi) is 12.2. The first-order valence-corrected chi connectivity index (χ1v) is 23.5. The minimum absolute atomic E-state index is 0.0260. The predicted molar refractivity (Wildman–Crippen MR) is 234 cm³/mol. The number of carbonyl (C=O) groups is 3. The zero-order chi connectivity index (χ0) is 42.9. The second-order valence-corrected chi connectivity index (χ2v) is 22.9. The van der Waals surface area contributed by atoms with Gasteiger partial charge in [-0.2, -0.15) is 0 Å². The molecular formula is C50H75ClN2O6. The number of ketones is 1. The molecule has 1 unspecified atom stereocenters. The molecule has 0 bridgehead atoms. The number of aliphatic hydroxyl groups excluding tert-OH is 1. The monoisotopic (exact) mass is 835 g/mol. The number of nitrogens with zero attached hydrogens (tertiary/aromatic N) is 2. The van der Waals surface area contributed by atoms with Crippen molar-refractivity contribution in [2.24, 2.45) is 56.2 Å². The van der Waals surface area contributed by atoms with E-state index in [1.54, 1.807) is 13.8 Å². The van der Waals surface area contributed by atoms with Crippen LogP contribution in [0.15, 0.2) is 35.4 Å². The topological polar surface area (TPSA) is 107 Å². The molecule has 0 radical (unpaired) electrons. The molecule has 59 heavy (non-hydrogen) atoms. The van der Waals surface area contributed by atoms with Crippen LogP contribution in [-0.2, 0) is 25.7 Å². The zero-order valence-electron chi connectivity index (χ0n) is 37.8. The Morgan fingerprint density at radius 2 is 1.61 bits per heavy atom.